The summed E-state index contributed by atoms with van der Waals surface area (Å²) in [6.45, 7) is 0.948. The molecule has 0 saturated carbocycles. The van der Waals surface area contributed by atoms with Crippen LogP contribution in [0.2, 0.25) is 0 Å². The average molecular weight is 135 g/mol. The van der Waals surface area contributed by atoms with Crippen molar-refractivity contribution >= 4 is 23.7 Å². The van der Waals surface area contributed by atoms with Gasteiger partial charge >= 0.3 is 69.2 Å². The van der Waals surface area contributed by atoms with Crippen LogP contribution in [0.25, 0.3) is 0 Å². The second-order valence-electron chi connectivity index (χ2n) is 2.40. The van der Waals surface area contributed by atoms with Gasteiger partial charge in [-0.05, 0) is 0 Å². The first kappa shape index (κ1) is 8.13. The maximum absolute atomic E-state index is 11.0. The third kappa shape index (κ3) is 2.01. The summed E-state index contributed by atoms with van der Waals surface area (Å²) >= 11 is 1.83. The van der Waals surface area contributed by atoms with E-state index in [0.29, 0.717) is 5.28 Å². The third-order valence-electron chi connectivity index (χ3n) is 1.63. The van der Waals surface area contributed by atoms with E-state index in [1.807, 2.05) is 17.7 Å². The molecule has 0 aliphatic carbocycles. The van der Waals surface area contributed by atoms with Crippen molar-refractivity contribution in [1.29, 1.82) is 0 Å². The normalized spacial score (nSPS) is 24.8. The molecule has 10 heavy (non-hydrogen) atoms. The minimum atomic E-state index is -0.0972. The molecule has 52 valence electrons. The van der Waals surface area contributed by atoms with Crippen LogP contribution in [-0.4, -0.2) is 41.6 Å². The molecular weight excluding hydrogens is 125 g/mol. The summed E-state index contributed by atoms with van der Waals surface area (Å²) in [4.78, 5) is 11.0. The van der Waals surface area contributed by atoms with Gasteiger partial charge in [-0.3, -0.25) is 0 Å². The van der Waals surface area contributed by atoms with E-state index in [4.69, 9.17) is 4.74 Å². The first-order valence-corrected chi connectivity index (χ1v) is 3.74. The van der Waals surface area contributed by atoms with Gasteiger partial charge in [-0.25, -0.2) is 0 Å². The predicted octanol–water partition coefficient (Wildman–Crippen LogP) is -0.592. The van der Waals surface area contributed by atoms with Crippen LogP contribution in [0, 0.1) is 0 Å². The van der Waals surface area contributed by atoms with Crippen molar-refractivity contribution in [3.8, 4) is 0 Å². The first-order chi connectivity index (χ1) is 4.84. The van der Waals surface area contributed by atoms with Crippen molar-refractivity contribution in [1.82, 2.24) is 5.32 Å². The number of rotatable bonds is 2. The molecule has 0 amide bonds. The molecule has 1 atom stereocenters. The summed E-state index contributed by atoms with van der Waals surface area (Å²) in [5.74, 6) is -0.0972. The van der Waals surface area contributed by atoms with Gasteiger partial charge in [0.25, 0.3) is 0 Å². The van der Waals surface area contributed by atoms with Crippen LogP contribution in [0.4, 0.5) is 0 Å². The molecule has 0 unspecified atom stereocenters. The van der Waals surface area contributed by atoms with Crippen molar-refractivity contribution in [3.63, 3.8) is 0 Å². The number of carbonyl (C=O) groups is 1. The van der Waals surface area contributed by atoms with Crippen LogP contribution >= 0.6 is 0 Å². The minimum absolute atomic E-state index is 0.0278. The molecule has 0 aromatic heterocycles. The Morgan fingerprint density at radius 1 is 1.80 bits per heavy atom. The van der Waals surface area contributed by atoms with Crippen LogP contribution in [-0.2, 0) is 9.53 Å². The van der Waals surface area contributed by atoms with Crippen LogP contribution in [0.1, 0.15) is 12.8 Å². The topological polar surface area (TPSA) is 38.3 Å². The second-order valence-corrected chi connectivity index (χ2v) is 2.40. The van der Waals surface area contributed by atoms with Gasteiger partial charge in [0.2, 0.25) is 0 Å². The number of ether oxygens (including phenoxy) is 1. The fraction of sp³-hybridized carbons (Fsp3) is 0.833. The molecule has 0 aromatic rings. The van der Waals surface area contributed by atoms with Gasteiger partial charge in [0, 0.05) is 0 Å². The summed E-state index contributed by atoms with van der Waals surface area (Å²) in [5.41, 5.74) is 0. The van der Waals surface area contributed by atoms with E-state index in [0.717, 1.165) is 19.4 Å². The van der Waals surface area contributed by atoms with Crippen molar-refractivity contribution in [2.45, 2.75) is 18.9 Å². The number of esters is 1. The monoisotopic (exact) mass is 135 g/mol. The molecule has 1 heterocycles. The summed E-state index contributed by atoms with van der Waals surface area (Å²) < 4.78 is 4.82. The Kier molecular flexibility index (Phi) is 3.27. The van der Waals surface area contributed by atoms with Crippen LogP contribution in [0.5, 0.6) is 0 Å². The maximum atomic E-state index is 11.0. The van der Waals surface area contributed by atoms with E-state index >= 15 is 0 Å². The van der Waals surface area contributed by atoms with E-state index < -0.39 is 0 Å². The standard InChI is InChI=1S/C6H10NO2.Li/c1-9-6(8)5-3-2-4-7-5;/h5,7H,1-4H2;/t5-;/m0./s1. The Morgan fingerprint density at radius 3 is 3.10 bits per heavy atom. The zero-order valence-electron chi connectivity index (χ0n) is 6.22. The van der Waals surface area contributed by atoms with Gasteiger partial charge in [-0.2, -0.15) is 0 Å². The quantitative estimate of drug-likeness (QED) is 0.406. The summed E-state index contributed by atoms with van der Waals surface area (Å²) in [5, 5.41) is 3.55. The van der Waals surface area contributed by atoms with Crippen molar-refractivity contribution < 1.29 is 9.53 Å². The molecule has 0 bridgehead atoms. The fourth-order valence-corrected chi connectivity index (χ4v) is 1.13. The van der Waals surface area contributed by atoms with Gasteiger partial charge in [0.05, 0.1) is 0 Å². The van der Waals surface area contributed by atoms with E-state index in [2.05, 4.69) is 5.32 Å². The Balaban J connectivity index is 2.25. The molecular formula is C6H10LiNO2. The summed E-state index contributed by atoms with van der Waals surface area (Å²) in [7, 11) is 0. The number of carbonyl (C=O) groups excluding carboxylic acids is 1. The zero-order chi connectivity index (χ0) is 7.40. The van der Waals surface area contributed by atoms with Gasteiger partial charge in [0.15, 0.2) is 0 Å². The molecule has 3 nitrogen and oxygen atoms in total. The third-order valence-corrected chi connectivity index (χ3v) is 1.63. The van der Waals surface area contributed by atoms with Gasteiger partial charge in [-0.15, -0.1) is 0 Å². The molecule has 0 aromatic carbocycles. The molecule has 0 radical (unpaired) electrons. The average Bonchev–Trinajstić information content (AvgIpc) is 2.38. The van der Waals surface area contributed by atoms with E-state index in [1.165, 1.54) is 0 Å². The van der Waals surface area contributed by atoms with Gasteiger partial charge in [0.1, 0.15) is 0 Å². The molecule has 1 saturated heterocycles. The molecule has 1 N–H and O–H groups in total. The fourth-order valence-electron chi connectivity index (χ4n) is 1.13. The Labute approximate surface area is 69.7 Å². The molecule has 1 rings (SSSR count). The van der Waals surface area contributed by atoms with E-state index in [1.54, 1.807) is 0 Å². The van der Waals surface area contributed by atoms with Crippen LogP contribution in [0.3, 0.4) is 0 Å². The Morgan fingerprint density at radius 2 is 2.60 bits per heavy atom. The molecule has 4 heteroatoms. The molecule has 1 aliphatic heterocycles. The van der Waals surface area contributed by atoms with Crippen LogP contribution in [0.15, 0.2) is 0 Å². The van der Waals surface area contributed by atoms with Crippen molar-refractivity contribution in [2.24, 2.45) is 0 Å². The molecule has 1 aliphatic rings. The Bertz CT molecular complexity index is 123. The predicted molar refractivity (Wildman–Crippen MR) is 37.7 cm³/mol. The van der Waals surface area contributed by atoms with E-state index in [9.17, 15) is 4.79 Å². The number of hydrogen-bond donors (Lipinski definition) is 1. The summed E-state index contributed by atoms with van der Waals surface area (Å²) in [6, 6.07) is -0.0278. The van der Waals surface area contributed by atoms with Gasteiger partial charge in [-0.1, -0.05) is 0 Å². The zero-order valence-corrected chi connectivity index (χ0v) is 6.22. The van der Waals surface area contributed by atoms with Crippen molar-refractivity contribution in [3.05, 3.63) is 0 Å². The SMILES string of the molecule is [Li][CH2]OC(=O)[C@@H]1CCCN1. The number of nitrogens with one attached hydrogen (secondary N) is 1. The van der Waals surface area contributed by atoms with Gasteiger partial charge < -0.3 is 0 Å². The Hall–Kier alpha value is 0.0274. The second kappa shape index (κ2) is 4.02. The number of hydrogen-bond acceptors (Lipinski definition) is 3. The first-order valence-electron chi connectivity index (χ1n) is 3.74. The molecule has 0 spiro atoms. The summed E-state index contributed by atoms with van der Waals surface area (Å²) in [6.07, 6.45) is 2.02. The van der Waals surface area contributed by atoms with Crippen LogP contribution < -0.4 is 5.32 Å². The van der Waals surface area contributed by atoms with E-state index in [-0.39, 0.29) is 12.0 Å². The molecule has 1 fully saturated rings. The van der Waals surface area contributed by atoms with Crippen molar-refractivity contribution in [2.75, 3.05) is 11.8 Å².